The topological polar surface area (TPSA) is 85.8 Å². The summed E-state index contributed by atoms with van der Waals surface area (Å²) in [5.74, 6) is 6.61. The number of nitrogens with zero attached hydrogens (tertiary/aromatic N) is 3. The van der Waals surface area contributed by atoms with E-state index in [1.165, 1.54) is 22.0 Å². The van der Waals surface area contributed by atoms with E-state index in [4.69, 9.17) is 5.84 Å². The summed E-state index contributed by atoms with van der Waals surface area (Å²) in [4.78, 5) is 11.9. The van der Waals surface area contributed by atoms with Gasteiger partial charge < -0.3 is 11.2 Å². The summed E-state index contributed by atoms with van der Waals surface area (Å²) in [6.45, 7) is 12.3. The van der Waals surface area contributed by atoms with Crippen molar-refractivity contribution >= 4 is 17.7 Å². The first-order valence-electron chi connectivity index (χ1n) is 8.10. The van der Waals surface area contributed by atoms with Crippen LogP contribution in [-0.2, 0) is 10.2 Å². The maximum absolute atomic E-state index is 11.9. The third kappa shape index (κ3) is 4.63. The Morgan fingerprint density at radius 3 is 2.56 bits per heavy atom. The first-order chi connectivity index (χ1) is 11.7. The molecule has 0 fully saturated rings. The molecule has 0 saturated carbocycles. The number of hydrogen-bond donors (Lipinski definition) is 2. The lowest BCUT2D eigenvalue weighted by Crippen LogP contribution is -2.31. The highest BCUT2D eigenvalue weighted by Crippen LogP contribution is 2.27. The summed E-state index contributed by atoms with van der Waals surface area (Å²) < 4.78 is 1.42. The van der Waals surface area contributed by atoms with E-state index < -0.39 is 0 Å². The number of rotatable bonds is 6. The van der Waals surface area contributed by atoms with Gasteiger partial charge in [-0.25, -0.2) is 4.68 Å². The molecule has 25 heavy (non-hydrogen) atoms. The number of nitrogen functional groups attached to an aromatic ring is 1. The zero-order chi connectivity index (χ0) is 18.6. The van der Waals surface area contributed by atoms with Crippen LogP contribution in [0.25, 0.3) is 11.4 Å². The minimum atomic E-state index is -0.331. The Bertz CT molecular complexity index is 746. The van der Waals surface area contributed by atoms with Gasteiger partial charge in [0.25, 0.3) is 0 Å². The van der Waals surface area contributed by atoms with Crippen molar-refractivity contribution in [3.63, 3.8) is 0 Å². The van der Waals surface area contributed by atoms with Crippen LogP contribution in [0.4, 0.5) is 0 Å². The third-order valence-corrected chi connectivity index (χ3v) is 4.80. The number of aromatic nitrogens is 3. The summed E-state index contributed by atoms with van der Waals surface area (Å²) in [6.07, 6.45) is 1.64. The molecule has 0 unspecified atom stereocenters. The summed E-state index contributed by atoms with van der Waals surface area (Å²) in [6, 6.07) is 8.12. The van der Waals surface area contributed by atoms with Crippen LogP contribution >= 0.6 is 11.8 Å². The molecule has 0 aliphatic carbocycles. The predicted molar refractivity (Wildman–Crippen MR) is 103 cm³/mol. The molecule has 0 radical (unpaired) electrons. The van der Waals surface area contributed by atoms with Gasteiger partial charge in [0.1, 0.15) is 0 Å². The van der Waals surface area contributed by atoms with E-state index >= 15 is 0 Å². The summed E-state index contributed by atoms with van der Waals surface area (Å²) in [5.41, 5.74) is 2.21. The van der Waals surface area contributed by atoms with Crippen LogP contribution in [0.3, 0.4) is 0 Å². The molecular weight excluding hydrogens is 334 g/mol. The molecule has 1 atom stereocenters. The van der Waals surface area contributed by atoms with Gasteiger partial charge in [-0.2, -0.15) is 0 Å². The van der Waals surface area contributed by atoms with Gasteiger partial charge in [0, 0.05) is 12.1 Å². The Balaban J connectivity index is 2.15. The van der Waals surface area contributed by atoms with E-state index in [2.05, 4.69) is 55.0 Å². The molecule has 1 aromatic heterocycles. The highest BCUT2D eigenvalue weighted by atomic mass is 32.2. The van der Waals surface area contributed by atoms with E-state index in [1.807, 2.05) is 12.1 Å². The molecule has 7 heteroatoms. The Morgan fingerprint density at radius 2 is 2.00 bits per heavy atom. The van der Waals surface area contributed by atoms with Gasteiger partial charge in [-0.15, -0.1) is 16.8 Å². The zero-order valence-electron chi connectivity index (χ0n) is 15.1. The number of benzene rings is 1. The van der Waals surface area contributed by atoms with E-state index in [0.717, 1.165) is 5.56 Å². The number of carbonyl (C=O) groups excluding carboxylic acids is 1. The van der Waals surface area contributed by atoms with Crippen molar-refractivity contribution < 1.29 is 4.79 Å². The second kappa shape index (κ2) is 7.74. The standard InChI is InChI=1S/C18H25N5OS/c1-6-11-20-16(24)12(2)25-17-22-21-15(23(17)19)13-7-9-14(10-8-13)18(3,4)5/h6-10,12H,1,11,19H2,2-5H3,(H,20,24)/t12-/m1/s1. The van der Waals surface area contributed by atoms with Gasteiger partial charge in [-0.1, -0.05) is 62.9 Å². The average Bonchev–Trinajstić information content (AvgIpc) is 2.92. The molecule has 1 amide bonds. The Morgan fingerprint density at radius 1 is 1.36 bits per heavy atom. The molecule has 3 N–H and O–H groups in total. The molecule has 1 aromatic carbocycles. The van der Waals surface area contributed by atoms with Crippen LogP contribution in [-0.4, -0.2) is 32.6 Å². The summed E-state index contributed by atoms with van der Waals surface area (Å²) in [5, 5.41) is 11.2. The van der Waals surface area contributed by atoms with Crippen LogP contribution in [0.1, 0.15) is 33.3 Å². The molecule has 0 aliphatic rings. The highest BCUT2D eigenvalue weighted by Gasteiger charge is 2.20. The second-order valence-corrected chi connectivity index (χ2v) is 8.11. The Hall–Kier alpha value is -2.28. The second-order valence-electron chi connectivity index (χ2n) is 6.80. The smallest absolute Gasteiger partial charge is 0.233 e. The summed E-state index contributed by atoms with van der Waals surface area (Å²) in [7, 11) is 0. The van der Waals surface area contributed by atoms with Gasteiger partial charge in [0.15, 0.2) is 5.82 Å². The third-order valence-electron chi connectivity index (χ3n) is 3.75. The van der Waals surface area contributed by atoms with E-state index in [9.17, 15) is 4.79 Å². The first kappa shape index (κ1) is 19.1. The van der Waals surface area contributed by atoms with Crippen LogP contribution < -0.4 is 11.2 Å². The lowest BCUT2D eigenvalue weighted by atomic mass is 9.87. The minimum absolute atomic E-state index is 0.0875. The largest absolute Gasteiger partial charge is 0.352 e. The summed E-state index contributed by atoms with van der Waals surface area (Å²) >= 11 is 1.27. The average molecular weight is 359 g/mol. The molecule has 0 saturated heterocycles. The quantitative estimate of drug-likeness (QED) is 0.470. The number of amides is 1. The molecule has 2 rings (SSSR count). The van der Waals surface area contributed by atoms with Crippen LogP contribution in [0, 0.1) is 0 Å². The molecule has 2 aromatic rings. The van der Waals surface area contributed by atoms with Gasteiger partial charge in [0.05, 0.1) is 5.25 Å². The molecule has 6 nitrogen and oxygen atoms in total. The number of carbonyl (C=O) groups is 1. The van der Waals surface area contributed by atoms with Crippen LogP contribution in [0.2, 0.25) is 0 Å². The molecule has 0 spiro atoms. The Kier molecular flexibility index (Phi) is 5.89. The molecule has 134 valence electrons. The Labute approximate surface area is 152 Å². The van der Waals surface area contributed by atoms with E-state index in [1.54, 1.807) is 13.0 Å². The lowest BCUT2D eigenvalue weighted by Gasteiger charge is -2.19. The lowest BCUT2D eigenvalue weighted by molar-refractivity contribution is -0.120. The minimum Gasteiger partial charge on any atom is -0.352 e. The van der Waals surface area contributed by atoms with Crippen molar-refractivity contribution in [3.8, 4) is 11.4 Å². The van der Waals surface area contributed by atoms with Crippen molar-refractivity contribution in [3.05, 3.63) is 42.5 Å². The highest BCUT2D eigenvalue weighted by molar-refractivity contribution is 8.00. The van der Waals surface area contributed by atoms with E-state index in [0.29, 0.717) is 17.5 Å². The maximum atomic E-state index is 11.9. The van der Waals surface area contributed by atoms with Crippen molar-refractivity contribution in [2.45, 2.75) is 43.5 Å². The monoisotopic (exact) mass is 359 g/mol. The fourth-order valence-electron chi connectivity index (χ4n) is 2.20. The molecule has 1 heterocycles. The van der Waals surface area contributed by atoms with Crippen LogP contribution in [0.15, 0.2) is 42.1 Å². The van der Waals surface area contributed by atoms with Crippen LogP contribution in [0.5, 0.6) is 0 Å². The molecular formula is C18H25N5OS. The fraction of sp³-hybridized carbons (Fsp3) is 0.389. The van der Waals surface area contributed by atoms with Crippen molar-refractivity contribution in [1.29, 1.82) is 0 Å². The molecule has 0 aliphatic heterocycles. The van der Waals surface area contributed by atoms with Gasteiger partial charge in [-0.05, 0) is 17.9 Å². The number of hydrogen-bond acceptors (Lipinski definition) is 5. The SMILES string of the molecule is C=CCNC(=O)[C@@H](C)Sc1nnc(-c2ccc(C(C)(C)C)cc2)n1N. The molecule has 0 bridgehead atoms. The number of nitrogens with two attached hydrogens (primary N) is 1. The van der Waals surface area contributed by atoms with Crippen molar-refractivity contribution in [1.82, 2.24) is 20.2 Å². The zero-order valence-corrected chi connectivity index (χ0v) is 15.9. The van der Waals surface area contributed by atoms with Gasteiger partial charge >= 0.3 is 0 Å². The first-order valence-corrected chi connectivity index (χ1v) is 8.98. The maximum Gasteiger partial charge on any atom is 0.233 e. The van der Waals surface area contributed by atoms with Gasteiger partial charge in [-0.3, -0.25) is 4.79 Å². The normalized spacial score (nSPS) is 12.6. The number of thioether (sulfide) groups is 1. The van der Waals surface area contributed by atoms with Gasteiger partial charge in [0.2, 0.25) is 11.1 Å². The van der Waals surface area contributed by atoms with Crippen molar-refractivity contribution in [2.75, 3.05) is 12.4 Å². The predicted octanol–water partition coefficient (Wildman–Crippen LogP) is 2.74. The van der Waals surface area contributed by atoms with E-state index in [-0.39, 0.29) is 16.6 Å². The fourth-order valence-corrected chi connectivity index (χ4v) is 3.00. The van der Waals surface area contributed by atoms with Crippen molar-refractivity contribution in [2.24, 2.45) is 0 Å². The number of nitrogens with one attached hydrogen (secondary N) is 1.